The van der Waals surface area contributed by atoms with Crippen molar-refractivity contribution in [3.05, 3.63) is 59.2 Å². The molecule has 1 aliphatic heterocycles. The van der Waals surface area contributed by atoms with Crippen LogP contribution in [0.15, 0.2) is 42.5 Å². The van der Waals surface area contributed by atoms with Gasteiger partial charge in [0.05, 0.1) is 19.2 Å². The highest BCUT2D eigenvalue weighted by molar-refractivity contribution is 5.96. The predicted molar refractivity (Wildman–Crippen MR) is 111 cm³/mol. The van der Waals surface area contributed by atoms with E-state index in [4.69, 9.17) is 4.74 Å². The zero-order valence-electron chi connectivity index (χ0n) is 16.7. The van der Waals surface area contributed by atoms with E-state index in [1.165, 1.54) is 18.4 Å². The van der Waals surface area contributed by atoms with E-state index in [1.54, 1.807) is 12.1 Å². The third kappa shape index (κ3) is 4.70. The molecule has 1 N–H and O–H groups in total. The van der Waals surface area contributed by atoms with Crippen molar-refractivity contribution in [3.63, 3.8) is 0 Å². The Bertz CT molecular complexity index is 858. The number of benzene rings is 2. The van der Waals surface area contributed by atoms with Crippen LogP contribution < -0.4 is 10.2 Å². The van der Waals surface area contributed by atoms with Gasteiger partial charge in [0, 0.05) is 37.6 Å². The molecule has 0 bridgehead atoms. The molecule has 28 heavy (non-hydrogen) atoms. The fraction of sp³-hybridized carbons (Fsp3) is 0.364. The first kappa shape index (κ1) is 19.9. The average molecular weight is 381 g/mol. The highest BCUT2D eigenvalue weighted by Crippen LogP contribution is 2.21. The van der Waals surface area contributed by atoms with Crippen LogP contribution >= 0.6 is 0 Å². The second-order valence-corrected chi connectivity index (χ2v) is 7.12. The van der Waals surface area contributed by atoms with Crippen LogP contribution in [0.2, 0.25) is 0 Å². The van der Waals surface area contributed by atoms with Crippen molar-refractivity contribution >= 4 is 23.3 Å². The molecule has 0 aliphatic carbocycles. The van der Waals surface area contributed by atoms with Crippen LogP contribution in [0.25, 0.3) is 0 Å². The van der Waals surface area contributed by atoms with Crippen molar-refractivity contribution < 1.29 is 14.3 Å². The Morgan fingerprint density at radius 2 is 1.71 bits per heavy atom. The number of carbonyl (C=O) groups excluding carboxylic acids is 2. The molecule has 0 saturated carbocycles. The van der Waals surface area contributed by atoms with Gasteiger partial charge in [-0.25, -0.2) is 4.79 Å². The van der Waals surface area contributed by atoms with Crippen molar-refractivity contribution in [3.8, 4) is 0 Å². The van der Waals surface area contributed by atoms with E-state index in [0.29, 0.717) is 17.8 Å². The number of piperazine rings is 1. The van der Waals surface area contributed by atoms with Crippen molar-refractivity contribution in [2.75, 3.05) is 50.1 Å². The van der Waals surface area contributed by atoms with E-state index in [1.807, 2.05) is 13.0 Å². The Morgan fingerprint density at radius 3 is 2.39 bits per heavy atom. The summed E-state index contributed by atoms with van der Waals surface area (Å²) in [7, 11) is 1.34. The minimum atomic E-state index is -0.414. The largest absolute Gasteiger partial charge is 0.465 e. The van der Waals surface area contributed by atoms with Crippen LogP contribution in [0.4, 0.5) is 11.4 Å². The SMILES string of the molecule is COC(=O)c1ccc(C)c(NC(=O)CN2CCN(c3ccccc3C)CC2)c1. The number of nitrogens with one attached hydrogen (secondary N) is 1. The van der Waals surface area contributed by atoms with Gasteiger partial charge < -0.3 is 15.0 Å². The van der Waals surface area contributed by atoms with Gasteiger partial charge >= 0.3 is 5.97 Å². The molecular weight excluding hydrogens is 354 g/mol. The summed E-state index contributed by atoms with van der Waals surface area (Å²) < 4.78 is 4.75. The topological polar surface area (TPSA) is 61.9 Å². The molecule has 0 unspecified atom stereocenters. The number of para-hydroxylation sites is 1. The molecule has 2 aromatic rings. The lowest BCUT2D eigenvalue weighted by Crippen LogP contribution is -2.48. The highest BCUT2D eigenvalue weighted by atomic mass is 16.5. The van der Waals surface area contributed by atoms with E-state index < -0.39 is 5.97 Å². The third-order valence-corrected chi connectivity index (χ3v) is 5.13. The van der Waals surface area contributed by atoms with E-state index in [-0.39, 0.29) is 5.91 Å². The maximum absolute atomic E-state index is 12.5. The second-order valence-electron chi connectivity index (χ2n) is 7.12. The number of amides is 1. The minimum absolute atomic E-state index is 0.0746. The highest BCUT2D eigenvalue weighted by Gasteiger charge is 2.20. The van der Waals surface area contributed by atoms with Crippen LogP contribution in [0.5, 0.6) is 0 Å². The number of anilines is 2. The van der Waals surface area contributed by atoms with Gasteiger partial charge in [0.15, 0.2) is 0 Å². The zero-order chi connectivity index (χ0) is 20.1. The van der Waals surface area contributed by atoms with Crippen molar-refractivity contribution in [1.29, 1.82) is 0 Å². The third-order valence-electron chi connectivity index (χ3n) is 5.13. The lowest BCUT2D eigenvalue weighted by Gasteiger charge is -2.36. The van der Waals surface area contributed by atoms with Gasteiger partial charge in [-0.2, -0.15) is 0 Å². The summed E-state index contributed by atoms with van der Waals surface area (Å²) in [6.45, 7) is 7.83. The molecule has 6 nitrogen and oxygen atoms in total. The first-order valence-corrected chi connectivity index (χ1v) is 9.49. The van der Waals surface area contributed by atoms with Crippen LogP contribution in [0.3, 0.4) is 0 Å². The maximum Gasteiger partial charge on any atom is 0.337 e. The molecule has 1 amide bonds. The molecule has 3 rings (SSSR count). The van der Waals surface area contributed by atoms with E-state index >= 15 is 0 Å². The molecule has 0 spiro atoms. The maximum atomic E-state index is 12.5. The Morgan fingerprint density at radius 1 is 1.00 bits per heavy atom. The quantitative estimate of drug-likeness (QED) is 0.807. The van der Waals surface area contributed by atoms with Crippen LogP contribution in [-0.2, 0) is 9.53 Å². The molecular formula is C22H27N3O3. The fourth-order valence-corrected chi connectivity index (χ4v) is 3.46. The standard InChI is InChI=1S/C22H27N3O3/c1-16-8-9-18(22(27)28-3)14-19(16)23-21(26)15-24-10-12-25(13-11-24)20-7-5-4-6-17(20)2/h4-9,14H,10-13,15H2,1-3H3,(H,23,26). The van der Waals surface area contributed by atoms with Crippen molar-refractivity contribution in [2.24, 2.45) is 0 Å². The molecule has 6 heteroatoms. The molecule has 148 valence electrons. The number of hydrogen-bond acceptors (Lipinski definition) is 5. The van der Waals surface area contributed by atoms with Gasteiger partial charge in [-0.15, -0.1) is 0 Å². The molecule has 1 heterocycles. The van der Waals surface area contributed by atoms with Gasteiger partial charge in [-0.3, -0.25) is 9.69 Å². The van der Waals surface area contributed by atoms with Gasteiger partial charge in [0.2, 0.25) is 5.91 Å². The summed E-state index contributed by atoms with van der Waals surface area (Å²) in [6.07, 6.45) is 0. The molecule has 2 aromatic carbocycles. The summed E-state index contributed by atoms with van der Waals surface area (Å²) in [5.41, 5.74) is 4.52. The number of hydrogen-bond donors (Lipinski definition) is 1. The summed E-state index contributed by atoms with van der Waals surface area (Å²) in [4.78, 5) is 28.7. The molecule has 0 radical (unpaired) electrons. The first-order valence-electron chi connectivity index (χ1n) is 9.49. The number of esters is 1. The summed E-state index contributed by atoms with van der Waals surface area (Å²) in [5, 5.41) is 2.93. The lowest BCUT2D eigenvalue weighted by atomic mass is 10.1. The van der Waals surface area contributed by atoms with Gasteiger partial charge in [-0.1, -0.05) is 24.3 Å². The van der Waals surface area contributed by atoms with Crippen LogP contribution in [0, 0.1) is 13.8 Å². The smallest absolute Gasteiger partial charge is 0.337 e. The van der Waals surface area contributed by atoms with Crippen molar-refractivity contribution in [2.45, 2.75) is 13.8 Å². The summed E-state index contributed by atoms with van der Waals surface area (Å²) >= 11 is 0. The van der Waals surface area contributed by atoms with E-state index in [0.717, 1.165) is 31.7 Å². The number of carbonyl (C=O) groups is 2. The van der Waals surface area contributed by atoms with Crippen LogP contribution in [0.1, 0.15) is 21.5 Å². The summed E-state index contributed by atoms with van der Waals surface area (Å²) in [5.74, 6) is -0.489. The number of methoxy groups -OCH3 is 1. The second kappa shape index (κ2) is 8.89. The van der Waals surface area contributed by atoms with Gasteiger partial charge in [-0.05, 0) is 43.2 Å². The fourth-order valence-electron chi connectivity index (χ4n) is 3.46. The Balaban J connectivity index is 1.55. The normalized spacial score (nSPS) is 14.6. The monoisotopic (exact) mass is 381 g/mol. The average Bonchev–Trinajstić information content (AvgIpc) is 2.70. The minimum Gasteiger partial charge on any atom is -0.465 e. The van der Waals surface area contributed by atoms with Gasteiger partial charge in [0.25, 0.3) is 0 Å². The number of nitrogens with zero attached hydrogens (tertiary/aromatic N) is 2. The van der Waals surface area contributed by atoms with Crippen molar-refractivity contribution in [1.82, 2.24) is 4.90 Å². The number of ether oxygens (including phenoxy) is 1. The van der Waals surface area contributed by atoms with Gasteiger partial charge in [0.1, 0.15) is 0 Å². The molecule has 0 aromatic heterocycles. The summed E-state index contributed by atoms with van der Waals surface area (Å²) in [6, 6.07) is 13.6. The zero-order valence-corrected chi connectivity index (χ0v) is 16.7. The lowest BCUT2D eigenvalue weighted by molar-refractivity contribution is -0.117. The molecule has 1 fully saturated rings. The Hall–Kier alpha value is -2.86. The molecule has 0 atom stereocenters. The van der Waals surface area contributed by atoms with Crippen LogP contribution in [-0.4, -0.2) is 56.6 Å². The predicted octanol–water partition coefficient (Wildman–Crippen LogP) is 2.85. The molecule has 1 saturated heterocycles. The Kier molecular flexibility index (Phi) is 6.31. The molecule has 1 aliphatic rings. The Labute approximate surface area is 166 Å². The number of rotatable bonds is 5. The van der Waals surface area contributed by atoms with E-state index in [9.17, 15) is 9.59 Å². The van der Waals surface area contributed by atoms with E-state index in [2.05, 4.69) is 46.3 Å². The first-order chi connectivity index (χ1) is 13.5. The number of aryl methyl sites for hydroxylation is 2.